The molecule has 1 spiro atoms. The summed E-state index contributed by atoms with van der Waals surface area (Å²) in [6, 6.07) is 6.63. The molecule has 34 heavy (non-hydrogen) atoms. The highest BCUT2D eigenvalue weighted by molar-refractivity contribution is 6.05. The van der Waals surface area contributed by atoms with Gasteiger partial charge >= 0.3 is 0 Å². The van der Waals surface area contributed by atoms with Crippen LogP contribution in [0.2, 0.25) is 0 Å². The molecule has 1 aromatic carbocycles. The van der Waals surface area contributed by atoms with Gasteiger partial charge in [-0.3, -0.25) is 19.1 Å². The summed E-state index contributed by atoms with van der Waals surface area (Å²) in [5.41, 5.74) is 4.75. The number of carbonyl (C=O) groups excluding carboxylic acids is 2. The van der Waals surface area contributed by atoms with Crippen molar-refractivity contribution >= 4 is 28.3 Å². The molecule has 3 aliphatic carbocycles. The number of benzene rings is 1. The Labute approximate surface area is 202 Å². The van der Waals surface area contributed by atoms with E-state index in [-0.39, 0.29) is 34.6 Å². The van der Waals surface area contributed by atoms with E-state index in [2.05, 4.69) is 56.3 Å². The number of aromatic nitrogens is 1. The molecule has 2 saturated carbocycles. The van der Waals surface area contributed by atoms with Gasteiger partial charge in [0, 0.05) is 37.3 Å². The largest absolute Gasteiger partial charge is 0.343 e. The lowest BCUT2D eigenvalue weighted by molar-refractivity contribution is -0.134. The van der Waals surface area contributed by atoms with Gasteiger partial charge in [0.05, 0.1) is 16.8 Å². The van der Waals surface area contributed by atoms with Gasteiger partial charge in [-0.15, -0.1) is 0 Å². The maximum atomic E-state index is 13.9. The molecule has 5 heteroatoms. The summed E-state index contributed by atoms with van der Waals surface area (Å²) in [5.74, 6) is 1.02. The number of amides is 1. The second-order valence-electron chi connectivity index (χ2n) is 11.5. The first-order valence-corrected chi connectivity index (χ1v) is 13.1. The van der Waals surface area contributed by atoms with Crippen LogP contribution in [0, 0.1) is 22.7 Å². The van der Waals surface area contributed by atoms with E-state index in [1.54, 1.807) is 0 Å². The third-order valence-corrected chi connectivity index (χ3v) is 10.1. The fraction of sp³-hybridized carbons (Fsp3) is 0.586. The number of nitrogens with zero attached hydrogens (tertiary/aromatic N) is 3. The zero-order valence-electron chi connectivity index (χ0n) is 21.2. The van der Waals surface area contributed by atoms with E-state index in [0.29, 0.717) is 5.92 Å². The number of hydrogen-bond acceptors (Lipinski definition) is 3. The fourth-order valence-corrected chi connectivity index (χ4v) is 7.65. The Morgan fingerprint density at radius 1 is 1.21 bits per heavy atom. The molecule has 1 amide bonds. The lowest BCUT2D eigenvalue weighted by atomic mass is 9.67. The molecule has 4 aliphatic rings. The van der Waals surface area contributed by atoms with Crippen LogP contribution < -0.4 is 0 Å². The van der Waals surface area contributed by atoms with Gasteiger partial charge in [0.2, 0.25) is 11.8 Å². The fourth-order valence-electron chi connectivity index (χ4n) is 7.65. The van der Waals surface area contributed by atoms with Crippen molar-refractivity contribution in [3.8, 4) is 0 Å². The van der Waals surface area contributed by atoms with Gasteiger partial charge in [0.15, 0.2) is 0 Å². The number of likely N-dealkylation sites (N-methyl/N-ethyl adjacent to an activating group) is 1. The second kappa shape index (κ2) is 7.30. The summed E-state index contributed by atoms with van der Waals surface area (Å²) in [5, 5.41) is 1.21. The third-order valence-electron chi connectivity index (χ3n) is 10.1. The Kier molecular flexibility index (Phi) is 4.74. The average molecular weight is 460 g/mol. The summed E-state index contributed by atoms with van der Waals surface area (Å²) in [7, 11) is 2.14. The molecular weight excluding hydrogens is 422 g/mol. The van der Waals surface area contributed by atoms with Crippen molar-refractivity contribution in [2.24, 2.45) is 22.7 Å². The molecular formula is C29H37N3O2. The van der Waals surface area contributed by atoms with Gasteiger partial charge < -0.3 is 4.90 Å². The van der Waals surface area contributed by atoms with Crippen molar-refractivity contribution in [2.75, 3.05) is 26.7 Å². The molecule has 1 aromatic heterocycles. The molecule has 3 unspecified atom stereocenters. The predicted octanol–water partition coefficient (Wildman–Crippen LogP) is 4.85. The lowest BCUT2D eigenvalue weighted by Crippen LogP contribution is -2.47. The van der Waals surface area contributed by atoms with Gasteiger partial charge in [0.25, 0.3) is 0 Å². The maximum Gasteiger partial charge on any atom is 0.237 e. The van der Waals surface area contributed by atoms with Crippen LogP contribution in [0.3, 0.4) is 0 Å². The summed E-state index contributed by atoms with van der Waals surface area (Å²) in [6.45, 7) is 10.8. The van der Waals surface area contributed by atoms with Crippen molar-refractivity contribution in [3.05, 3.63) is 41.6 Å². The van der Waals surface area contributed by atoms with Crippen LogP contribution in [0.25, 0.3) is 16.5 Å². The molecule has 0 N–H and O–H groups in total. The molecule has 1 aliphatic heterocycles. The predicted molar refractivity (Wildman–Crippen MR) is 136 cm³/mol. The minimum atomic E-state index is -0.234. The summed E-state index contributed by atoms with van der Waals surface area (Å²) < 4.78 is 1.98. The highest BCUT2D eigenvalue weighted by atomic mass is 16.2. The normalized spacial score (nSPS) is 33.9. The van der Waals surface area contributed by atoms with Gasteiger partial charge in [-0.25, -0.2) is 0 Å². The van der Waals surface area contributed by atoms with Crippen molar-refractivity contribution in [2.45, 2.75) is 59.4 Å². The van der Waals surface area contributed by atoms with Crippen LogP contribution in [0.15, 0.2) is 30.5 Å². The Hall–Kier alpha value is -2.40. The van der Waals surface area contributed by atoms with Crippen LogP contribution in [0.1, 0.15) is 62.9 Å². The van der Waals surface area contributed by atoms with E-state index >= 15 is 0 Å². The minimum Gasteiger partial charge on any atom is -0.343 e. The lowest BCUT2D eigenvalue weighted by Gasteiger charge is -2.40. The summed E-state index contributed by atoms with van der Waals surface area (Å²) in [4.78, 5) is 31.4. The van der Waals surface area contributed by atoms with Crippen molar-refractivity contribution < 1.29 is 9.59 Å². The molecule has 0 saturated heterocycles. The number of fused-ring (bicyclic) bond motifs is 2. The van der Waals surface area contributed by atoms with Crippen LogP contribution >= 0.6 is 0 Å². The summed E-state index contributed by atoms with van der Waals surface area (Å²) in [6.07, 6.45) is 8.72. The first-order chi connectivity index (χ1) is 16.3. The van der Waals surface area contributed by atoms with Gasteiger partial charge in [-0.1, -0.05) is 32.1 Å². The molecule has 6 rings (SSSR count). The highest BCUT2D eigenvalue weighted by Crippen LogP contribution is 2.76. The first-order valence-electron chi connectivity index (χ1n) is 13.1. The maximum absolute atomic E-state index is 13.9. The van der Waals surface area contributed by atoms with E-state index < -0.39 is 0 Å². The van der Waals surface area contributed by atoms with E-state index in [9.17, 15) is 9.59 Å². The number of rotatable bonds is 4. The van der Waals surface area contributed by atoms with E-state index in [4.69, 9.17) is 0 Å². The third kappa shape index (κ3) is 2.71. The zero-order chi connectivity index (χ0) is 24.0. The van der Waals surface area contributed by atoms with Crippen molar-refractivity contribution in [1.29, 1.82) is 0 Å². The molecule has 2 fully saturated rings. The molecule has 5 nitrogen and oxygen atoms in total. The van der Waals surface area contributed by atoms with E-state index in [0.717, 1.165) is 38.0 Å². The monoisotopic (exact) mass is 459 g/mol. The topological polar surface area (TPSA) is 45.6 Å². The van der Waals surface area contributed by atoms with Gasteiger partial charge in [-0.05, 0) is 80.7 Å². The summed E-state index contributed by atoms with van der Waals surface area (Å²) >= 11 is 0. The molecule has 0 bridgehead atoms. The number of carbonyl (C=O) groups is 2. The van der Waals surface area contributed by atoms with E-state index in [1.165, 1.54) is 34.9 Å². The van der Waals surface area contributed by atoms with Crippen molar-refractivity contribution in [3.63, 3.8) is 0 Å². The Morgan fingerprint density at radius 3 is 2.59 bits per heavy atom. The van der Waals surface area contributed by atoms with Crippen LogP contribution in [0.4, 0.5) is 0 Å². The molecule has 180 valence electrons. The molecule has 0 radical (unpaired) electrons. The van der Waals surface area contributed by atoms with Crippen LogP contribution in [0.5, 0.6) is 0 Å². The van der Waals surface area contributed by atoms with Gasteiger partial charge in [0.1, 0.15) is 0 Å². The first kappa shape index (κ1) is 22.1. The highest BCUT2D eigenvalue weighted by Gasteiger charge is 2.73. The second-order valence-corrected chi connectivity index (χ2v) is 11.5. The smallest absolute Gasteiger partial charge is 0.237 e. The Balaban J connectivity index is 1.42. The minimum absolute atomic E-state index is 0.123. The standard InChI is InChI=1S/C29H37N3O2/c1-6-31(7-2)26(33)20-13-22-21-9-8-10-23-25(21)19(14-24(22)30(5)15-20)16-32(23)27(34)28(4)17-29(28)12-11-18(29)3/h8-10,13,16,18,20,24H,6-7,11-12,14-15,17H2,1-5H3/t18?,20-,24-,28?,29?/m1/s1. The zero-order valence-corrected chi connectivity index (χ0v) is 21.2. The quantitative estimate of drug-likeness (QED) is 0.657. The number of hydrogen-bond donors (Lipinski definition) is 0. The van der Waals surface area contributed by atoms with E-state index in [1.807, 2.05) is 23.3 Å². The molecule has 2 aromatic rings. The van der Waals surface area contributed by atoms with Crippen LogP contribution in [-0.2, 0) is 11.2 Å². The SMILES string of the molecule is CCN(CC)C(=O)[C@@H]1C=C2c3cccc4c3c(cn4C(=O)C3(C)CC34CCC4C)C[C@H]2N(C)C1. The molecule has 5 atom stereocenters. The van der Waals surface area contributed by atoms with Crippen molar-refractivity contribution in [1.82, 2.24) is 14.4 Å². The van der Waals surface area contributed by atoms with Crippen LogP contribution in [-0.4, -0.2) is 58.9 Å². The van der Waals surface area contributed by atoms with Gasteiger partial charge in [-0.2, -0.15) is 0 Å². The Morgan fingerprint density at radius 2 is 1.97 bits per heavy atom. The molecule has 2 heterocycles. The average Bonchev–Trinajstić information content (AvgIpc) is 3.37. The Bertz CT molecular complexity index is 1240.